The number of hydrogen-bond acceptors (Lipinski definition) is 4. The van der Waals surface area contributed by atoms with Gasteiger partial charge in [0.25, 0.3) is 5.91 Å². The fourth-order valence-electron chi connectivity index (χ4n) is 1.97. The first kappa shape index (κ1) is 16.1. The summed E-state index contributed by atoms with van der Waals surface area (Å²) < 4.78 is 5.31. The third-order valence-electron chi connectivity index (χ3n) is 3.05. The van der Waals surface area contributed by atoms with Gasteiger partial charge in [0, 0.05) is 11.9 Å². The molecule has 1 aromatic heterocycles. The second kappa shape index (κ2) is 7.66. The van der Waals surface area contributed by atoms with Crippen molar-refractivity contribution in [2.75, 3.05) is 18.2 Å². The van der Waals surface area contributed by atoms with E-state index >= 15 is 0 Å². The minimum Gasteiger partial charge on any atom is -0.495 e. The van der Waals surface area contributed by atoms with Crippen LogP contribution in [0.1, 0.15) is 15.9 Å². The molecule has 1 N–H and O–H groups in total. The van der Waals surface area contributed by atoms with E-state index in [1.54, 1.807) is 31.5 Å². The smallest absolute Gasteiger partial charge is 0.258 e. The van der Waals surface area contributed by atoms with E-state index in [0.717, 1.165) is 5.56 Å². The fourth-order valence-corrected chi connectivity index (χ4v) is 2.70. The minimum absolute atomic E-state index is 0.202. The highest BCUT2D eigenvalue weighted by molar-refractivity contribution is 7.99. The molecule has 0 aliphatic rings. The fraction of sp³-hybridized carbons (Fsp3) is 0.176. The number of hydrogen-bond donors (Lipinski definition) is 1. The zero-order valence-corrected chi connectivity index (χ0v) is 13.4. The number of nitrogens with one attached hydrogen (secondary N) is 1. The number of methoxy groups -OCH3 is 1. The second-order valence-corrected chi connectivity index (χ2v) is 5.57. The average Bonchev–Trinajstić information content (AvgIpc) is 2.55. The van der Waals surface area contributed by atoms with Gasteiger partial charge in [-0.05, 0) is 30.7 Å². The van der Waals surface area contributed by atoms with Gasteiger partial charge < -0.3 is 10.1 Å². The molecule has 0 unspecified atom stereocenters. The standard InChI is InChI=1S/C17H18N2O2S/c1-4-11-22-17-13(8-6-10-18-17)16(20)19-15-12(2)7-5-9-14(15)21-3/h4-10H,1,11H2,2-3H3,(H,19,20). The van der Waals surface area contributed by atoms with Gasteiger partial charge in [-0.2, -0.15) is 0 Å². The third kappa shape index (κ3) is 3.68. The second-order valence-electron chi connectivity index (χ2n) is 4.56. The summed E-state index contributed by atoms with van der Waals surface area (Å²) in [5, 5.41) is 3.61. The van der Waals surface area contributed by atoms with E-state index in [1.165, 1.54) is 11.8 Å². The number of carbonyl (C=O) groups is 1. The first-order chi connectivity index (χ1) is 10.7. The van der Waals surface area contributed by atoms with Crippen molar-refractivity contribution in [2.24, 2.45) is 0 Å². The Bertz CT molecular complexity index is 686. The molecule has 0 aliphatic heterocycles. The molecule has 0 saturated carbocycles. The number of aromatic nitrogens is 1. The number of rotatable bonds is 6. The molecule has 114 valence electrons. The largest absolute Gasteiger partial charge is 0.495 e. The molecular formula is C17H18N2O2S. The Labute approximate surface area is 134 Å². The number of anilines is 1. The Morgan fingerprint density at radius 2 is 2.23 bits per heavy atom. The summed E-state index contributed by atoms with van der Waals surface area (Å²) in [4.78, 5) is 16.8. The maximum absolute atomic E-state index is 12.6. The summed E-state index contributed by atoms with van der Waals surface area (Å²) in [5.41, 5.74) is 2.16. The van der Waals surface area contributed by atoms with Gasteiger partial charge in [0.15, 0.2) is 0 Å². The summed E-state index contributed by atoms with van der Waals surface area (Å²) in [7, 11) is 1.58. The Morgan fingerprint density at radius 3 is 2.95 bits per heavy atom. The van der Waals surface area contributed by atoms with Gasteiger partial charge in [-0.15, -0.1) is 18.3 Å². The Morgan fingerprint density at radius 1 is 1.41 bits per heavy atom. The van der Waals surface area contributed by atoms with Crippen LogP contribution in [-0.2, 0) is 0 Å². The average molecular weight is 314 g/mol. The lowest BCUT2D eigenvalue weighted by Crippen LogP contribution is -2.15. The zero-order valence-electron chi connectivity index (χ0n) is 12.6. The quantitative estimate of drug-likeness (QED) is 0.648. The number of amides is 1. The van der Waals surface area contributed by atoms with Gasteiger partial charge >= 0.3 is 0 Å². The van der Waals surface area contributed by atoms with Crippen molar-refractivity contribution in [1.82, 2.24) is 4.98 Å². The third-order valence-corrected chi connectivity index (χ3v) is 4.05. The monoisotopic (exact) mass is 314 g/mol. The number of para-hydroxylation sites is 1. The van der Waals surface area contributed by atoms with Gasteiger partial charge in [0.2, 0.25) is 0 Å². The van der Waals surface area contributed by atoms with E-state index in [9.17, 15) is 4.79 Å². The molecule has 1 amide bonds. The first-order valence-corrected chi connectivity index (χ1v) is 7.79. The predicted octanol–water partition coefficient (Wildman–Crippen LogP) is 3.93. The summed E-state index contributed by atoms with van der Waals surface area (Å²) in [6, 6.07) is 9.15. The predicted molar refractivity (Wildman–Crippen MR) is 90.8 cm³/mol. The van der Waals surface area contributed by atoms with Gasteiger partial charge in [0.1, 0.15) is 10.8 Å². The highest BCUT2D eigenvalue weighted by Gasteiger charge is 2.15. The van der Waals surface area contributed by atoms with Crippen molar-refractivity contribution in [3.63, 3.8) is 0 Å². The molecule has 0 radical (unpaired) electrons. The summed E-state index contributed by atoms with van der Waals surface area (Å²) in [6.07, 6.45) is 3.46. The lowest BCUT2D eigenvalue weighted by molar-refractivity contribution is 0.102. The first-order valence-electron chi connectivity index (χ1n) is 6.81. The van der Waals surface area contributed by atoms with Crippen molar-refractivity contribution in [3.8, 4) is 5.75 Å². The Kier molecular flexibility index (Phi) is 5.61. The summed E-state index contributed by atoms with van der Waals surface area (Å²) in [5.74, 6) is 1.13. The number of thioether (sulfide) groups is 1. The van der Waals surface area contributed by atoms with Crippen molar-refractivity contribution in [2.45, 2.75) is 11.9 Å². The van der Waals surface area contributed by atoms with Crippen molar-refractivity contribution < 1.29 is 9.53 Å². The number of benzene rings is 1. The lowest BCUT2D eigenvalue weighted by atomic mass is 10.1. The zero-order chi connectivity index (χ0) is 15.9. The maximum atomic E-state index is 12.6. The molecule has 2 rings (SSSR count). The van der Waals surface area contributed by atoms with Crippen molar-refractivity contribution in [1.29, 1.82) is 0 Å². The van der Waals surface area contributed by atoms with E-state index in [0.29, 0.717) is 27.8 Å². The molecule has 2 aromatic rings. The highest BCUT2D eigenvalue weighted by Crippen LogP contribution is 2.29. The van der Waals surface area contributed by atoms with Crippen LogP contribution >= 0.6 is 11.8 Å². The topological polar surface area (TPSA) is 51.2 Å². The van der Waals surface area contributed by atoms with Gasteiger partial charge in [-0.25, -0.2) is 4.98 Å². The highest BCUT2D eigenvalue weighted by atomic mass is 32.2. The van der Waals surface area contributed by atoms with Crippen molar-refractivity contribution >= 4 is 23.4 Å². The van der Waals surface area contributed by atoms with E-state index in [-0.39, 0.29) is 5.91 Å². The maximum Gasteiger partial charge on any atom is 0.258 e. The molecule has 0 spiro atoms. The number of nitrogens with zero attached hydrogens (tertiary/aromatic N) is 1. The molecule has 4 nitrogen and oxygen atoms in total. The normalized spacial score (nSPS) is 10.1. The van der Waals surface area contributed by atoms with Crippen molar-refractivity contribution in [3.05, 3.63) is 60.3 Å². The number of carbonyl (C=O) groups excluding carboxylic acids is 1. The van der Waals surface area contributed by atoms with Crippen LogP contribution in [0.3, 0.4) is 0 Å². The summed E-state index contributed by atoms with van der Waals surface area (Å²) in [6.45, 7) is 5.61. The van der Waals surface area contributed by atoms with E-state index in [2.05, 4.69) is 16.9 Å². The number of ether oxygens (including phenoxy) is 1. The molecule has 0 saturated heterocycles. The van der Waals surface area contributed by atoms with Crippen LogP contribution in [0, 0.1) is 6.92 Å². The van der Waals surface area contributed by atoms with Crippen LogP contribution in [-0.4, -0.2) is 23.8 Å². The summed E-state index contributed by atoms with van der Waals surface area (Å²) >= 11 is 1.48. The van der Waals surface area contributed by atoms with Gasteiger partial charge in [-0.1, -0.05) is 18.2 Å². The van der Waals surface area contributed by atoms with Crippen LogP contribution < -0.4 is 10.1 Å². The lowest BCUT2D eigenvalue weighted by Gasteiger charge is -2.13. The van der Waals surface area contributed by atoms with Crippen LogP contribution in [0.4, 0.5) is 5.69 Å². The Hall–Kier alpha value is -2.27. The molecule has 1 heterocycles. The molecule has 22 heavy (non-hydrogen) atoms. The van der Waals surface area contributed by atoms with Crippen LogP contribution in [0.15, 0.2) is 54.2 Å². The molecular weight excluding hydrogens is 296 g/mol. The molecule has 0 bridgehead atoms. The number of pyridine rings is 1. The SMILES string of the molecule is C=CCSc1ncccc1C(=O)Nc1c(C)cccc1OC. The molecule has 1 aromatic carbocycles. The molecule has 0 atom stereocenters. The number of aryl methyl sites for hydroxylation is 1. The van der Waals surface area contributed by atoms with E-state index < -0.39 is 0 Å². The van der Waals surface area contributed by atoms with E-state index in [1.807, 2.05) is 25.1 Å². The van der Waals surface area contributed by atoms with Crippen LogP contribution in [0.2, 0.25) is 0 Å². The minimum atomic E-state index is -0.202. The molecule has 5 heteroatoms. The van der Waals surface area contributed by atoms with E-state index in [4.69, 9.17) is 4.74 Å². The molecule has 0 aliphatic carbocycles. The van der Waals surface area contributed by atoms with Gasteiger partial charge in [-0.3, -0.25) is 4.79 Å². The van der Waals surface area contributed by atoms with Crippen LogP contribution in [0.5, 0.6) is 5.75 Å². The van der Waals surface area contributed by atoms with Gasteiger partial charge in [0.05, 0.1) is 18.4 Å². The van der Waals surface area contributed by atoms with Crippen LogP contribution in [0.25, 0.3) is 0 Å². The Balaban J connectivity index is 2.28. The molecule has 0 fully saturated rings.